The van der Waals surface area contributed by atoms with Crippen molar-refractivity contribution >= 4 is 23.4 Å². The van der Waals surface area contributed by atoms with E-state index in [4.69, 9.17) is 16.7 Å². The monoisotopic (exact) mass is 312 g/mol. The van der Waals surface area contributed by atoms with E-state index < -0.39 is 5.97 Å². The van der Waals surface area contributed by atoms with E-state index in [2.05, 4.69) is 17.2 Å². The van der Waals surface area contributed by atoms with Crippen molar-refractivity contribution in [2.75, 3.05) is 11.9 Å². The molecular weight excluding hydrogens is 288 g/mol. The minimum Gasteiger partial charge on any atom is -0.476 e. The number of rotatable bonds is 11. The molecule has 0 amide bonds. The van der Waals surface area contributed by atoms with Crippen molar-refractivity contribution in [2.24, 2.45) is 0 Å². The number of carboxylic acids is 1. The van der Waals surface area contributed by atoms with E-state index in [0.29, 0.717) is 5.82 Å². The highest BCUT2D eigenvalue weighted by molar-refractivity contribution is 6.33. The van der Waals surface area contributed by atoms with Crippen LogP contribution in [0.3, 0.4) is 0 Å². The van der Waals surface area contributed by atoms with E-state index in [-0.39, 0.29) is 10.7 Å². The third kappa shape index (κ3) is 7.32. The zero-order valence-corrected chi connectivity index (χ0v) is 13.5. The molecule has 0 spiro atoms. The maximum atomic E-state index is 10.9. The minimum atomic E-state index is -1.10. The molecule has 0 saturated heterocycles. The van der Waals surface area contributed by atoms with Gasteiger partial charge in [-0.1, -0.05) is 63.5 Å². The lowest BCUT2D eigenvalue weighted by molar-refractivity contribution is 0.0691. The molecule has 2 N–H and O–H groups in total. The van der Waals surface area contributed by atoms with Crippen molar-refractivity contribution < 1.29 is 9.90 Å². The average Bonchev–Trinajstić information content (AvgIpc) is 2.47. The van der Waals surface area contributed by atoms with Crippen LogP contribution in [0, 0.1) is 0 Å². The average molecular weight is 313 g/mol. The first-order chi connectivity index (χ1) is 10.1. The number of pyridine rings is 1. The van der Waals surface area contributed by atoms with Gasteiger partial charge in [0.15, 0.2) is 5.69 Å². The van der Waals surface area contributed by atoms with Crippen LogP contribution in [-0.4, -0.2) is 22.6 Å². The number of carboxylic acid groups (broad SMARTS) is 1. The van der Waals surface area contributed by atoms with Crippen molar-refractivity contribution in [2.45, 2.75) is 58.3 Å². The summed E-state index contributed by atoms with van der Waals surface area (Å²) in [6.45, 7) is 3.04. The first-order valence-corrected chi connectivity index (χ1v) is 8.16. The molecule has 21 heavy (non-hydrogen) atoms. The topological polar surface area (TPSA) is 62.2 Å². The van der Waals surface area contributed by atoms with Crippen LogP contribution in [0.4, 0.5) is 5.82 Å². The van der Waals surface area contributed by atoms with Crippen molar-refractivity contribution in [1.29, 1.82) is 0 Å². The first-order valence-electron chi connectivity index (χ1n) is 7.79. The minimum absolute atomic E-state index is 0.0995. The van der Waals surface area contributed by atoms with Crippen LogP contribution in [0.2, 0.25) is 5.02 Å². The lowest BCUT2D eigenvalue weighted by Crippen LogP contribution is -2.07. The van der Waals surface area contributed by atoms with Crippen molar-refractivity contribution in [1.82, 2.24) is 4.98 Å². The van der Waals surface area contributed by atoms with Crippen LogP contribution in [0.25, 0.3) is 0 Å². The molecule has 0 radical (unpaired) electrons. The van der Waals surface area contributed by atoms with Crippen LogP contribution in [-0.2, 0) is 0 Å². The number of unbranched alkanes of at least 4 members (excludes halogenated alkanes) is 7. The number of anilines is 1. The standard InChI is InChI=1S/C16H25ClN2O2/c1-2-3-4-5-6-7-8-9-12-18-14-11-10-13(17)15(19-14)16(20)21/h10-11H,2-9,12H2,1H3,(H,18,19)(H,20,21). The Balaban J connectivity index is 2.16. The number of nitrogens with one attached hydrogen (secondary N) is 1. The summed E-state index contributed by atoms with van der Waals surface area (Å²) >= 11 is 5.77. The quantitative estimate of drug-likeness (QED) is 0.565. The van der Waals surface area contributed by atoms with E-state index in [1.54, 1.807) is 12.1 Å². The molecular formula is C16H25ClN2O2. The molecule has 1 aromatic heterocycles. The number of aromatic carboxylic acids is 1. The zero-order chi connectivity index (χ0) is 15.5. The summed E-state index contributed by atoms with van der Waals surface area (Å²) in [6.07, 6.45) is 10.1. The molecule has 5 heteroatoms. The fourth-order valence-electron chi connectivity index (χ4n) is 2.17. The first kappa shape index (κ1) is 17.8. The molecule has 0 aliphatic rings. The molecule has 1 aromatic rings. The molecule has 0 aliphatic heterocycles. The molecule has 0 unspecified atom stereocenters. The third-order valence-corrected chi connectivity index (χ3v) is 3.69. The van der Waals surface area contributed by atoms with Crippen LogP contribution in [0.1, 0.15) is 68.8 Å². The molecule has 1 heterocycles. The van der Waals surface area contributed by atoms with Gasteiger partial charge in [0.2, 0.25) is 0 Å². The summed E-state index contributed by atoms with van der Waals surface area (Å²) in [6, 6.07) is 3.27. The van der Waals surface area contributed by atoms with Gasteiger partial charge in [-0.15, -0.1) is 0 Å². The Labute approximate surface area is 131 Å². The lowest BCUT2D eigenvalue weighted by atomic mass is 10.1. The normalized spacial score (nSPS) is 10.6. The van der Waals surface area contributed by atoms with Gasteiger partial charge in [-0.3, -0.25) is 0 Å². The fraction of sp³-hybridized carbons (Fsp3) is 0.625. The summed E-state index contributed by atoms with van der Waals surface area (Å²) in [5, 5.41) is 12.3. The summed E-state index contributed by atoms with van der Waals surface area (Å²) in [7, 11) is 0. The molecule has 0 aromatic carbocycles. The van der Waals surface area contributed by atoms with Crippen LogP contribution in [0.15, 0.2) is 12.1 Å². The SMILES string of the molecule is CCCCCCCCCCNc1ccc(Cl)c(C(=O)O)n1. The second kappa shape index (κ2) is 10.4. The summed E-state index contributed by atoms with van der Waals surface area (Å²) in [4.78, 5) is 14.9. The van der Waals surface area contributed by atoms with Gasteiger partial charge in [0.05, 0.1) is 5.02 Å². The van der Waals surface area contributed by atoms with E-state index in [0.717, 1.165) is 13.0 Å². The summed E-state index contributed by atoms with van der Waals surface area (Å²) < 4.78 is 0. The predicted octanol–water partition coefficient (Wildman–Crippen LogP) is 4.99. The van der Waals surface area contributed by atoms with Gasteiger partial charge in [0.1, 0.15) is 5.82 Å². The molecule has 0 bridgehead atoms. The Morgan fingerprint density at radius 2 is 1.76 bits per heavy atom. The van der Waals surface area contributed by atoms with E-state index >= 15 is 0 Å². The predicted molar refractivity (Wildman–Crippen MR) is 87.3 cm³/mol. The van der Waals surface area contributed by atoms with Gasteiger partial charge < -0.3 is 10.4 Å². The number of carbonyl (C=O) groups is 1. The Morgan fingerprint density at radius 1 is 1.14 bits per heavy atom. The maximum absolute atomic E-state index is 10.9. The van der Waals surface area contributed by atoms with Crippen LogP contribution in [0.5, 0.6) is 0 Å². The zero-order valence-electron chi connectivity index (χ0n) is 12.7. The lowest BCUT2D eigenvalue weighted by Gasteiger charge is -2.07. The fourth-order valence-corrected chi connectivity index (χ4v) is 2.35. The van der Waals surface area contributed by atoms with Crippen molar-refractivity contribution in [3.63, 3.8) is 0 Å². The van der Waals surface area contributed by atoms with Gasteiger partial charge in [-0.25, -0.2) is 9.78 Å². The van der Waals surface area contributed by atoms with Gasteiger partial charge in [0.25, 0.3) is 0 Å². The molecule has 4 nitrogen and oxygen atoms in total. The molecule has 0 atom stereocenters. The number of hydrogen-bond donors (Lipinski definition) is 2. The molecule has 118 valence electrons. The molecule has 0 saturated carbocycles. The van der Waals surface area contributed by atoms with Gasteiger partial charge in [-0.2, -0.15) is 0 Å². The van der Waals surface area contributed by atoms with Crippen LogP contribution < -0.4 is 5.32 Å². The number of aromatic nitrogens is 1. The Bertz CT molecular complexity index is 438. The Hall–Kier alpha value is -1.29. The Kier molecular flexibility index (Phi) is 8.83. The third-order valence-electron chi connectivity index (χ3n) is 3.39. The van der Waals surface area contributed by atoms with E-state index in [1.165, 1.54) is 44.9 Å². The summed E-state index contributed by atoms with van der Waals surface area (Å²) in [5.74, 6) is -0.532. The second-order valence-corrected chi connectivity index (χ2v) is 5.64. The van der Waals surface area contributed by atoms with E-state index in [1.807, 2.05) is 0 Å². The van der Waals surface area contributed by atoms with Gasteiger partial charge >= 0.3 is 5.97 Å². The molecule has 0 aliphatic carbocycles. The smallest absolute Gasteiger partial charge is 0.356 e. The molecule has 1 rings (SSSR count). The second-order valence-electron chi connectivity index (χ2n) is 5.23. The van der Waals surface area contributed by atoms with Crippen molar-refractivity contribution in [3.05, 3.63) is 22.8 Å². The highest BCUT2D eigenvalue weighted by atomic mass is 35.5. The number of halogens is 1. The highest BCUT2D eigenvalue weighted by Gasteiger charge is 2.10. The van der Waals surface area contributed by atoms with Crippen molar-refractivity contribution in [3.8, 4) is 0 Å². The van der Waals surface area contributed by atoms with Gasteiger partial charge in [0, 0.05) is 6.54 Å². The molecule has 0 fully saturated rings. The maximum Gasteiger partial charge on any atom is 0.356 e. The number of hydrogen-bond acceptors (Lipinski definition) is 3. The highest BCUT2D eigenvalue weighted by Crippen LogP contribution is 2.16. The van der Waals surface area contributed by atoms with E-state index in [9.17, 15) is 4.79 Å². The number of nitrogens with zero attached hydrogens (tertiary/aromatic N) is 1. The summed E-state index contributed by atoms with van der Waals surface area (Å²) in [5.41, 5.74) is -0.0995. The van der Waals surface area contributed by atoms with Gasteiger partial charge in [-0.05, 0) is 18.6 Å². The Morgan fingerprint density at radius 3 is 2.38 bits per heavy atom. The largest absolute Gasteiger partial charge is 0.476 e. The van der Waals surface area contributed by atoms with Crippen LogP contribution >= 0.6 is 11.6 Å².